The molecule has 6 heteroatoms. The molecule has 0 atom stereocenters. The number of carboxylic acids is 1. The van der Waals surface area contributed by atoms with Crippen molar-refractivity contribution in [3.05, 3.63) is 65.9 Å². The lowest BCUT2D eigenvalue weighted by Gasteiger charge is -2.13. The lowest BCUT2D eigenvalue weighted by Crippen LogP contribution is -2.17. The lowest BCUT2D eigenvalue weighted by atomic mass is 10.1. The minimum absolute atomic E-state index is 0.0420. The average Bonchev–Trinajstić information content (AvgIpc) is 2.61. The van der Waals surface area contributed by atoms with E-state index in [-0.39, 0.29) is 11.5 Å². The number of pyridine rings is 1. The number of nitrogens with one attached hydrogen (secondary N) is 2. The number of anilines is 2. The van der Waals surface area contributed by atoms with Crippen LogP contribution in [0.4, 0.5) is 11.4 Å². The predicted molar refractivity (Wildman–Crippen MR) is 91.8 cm³/mol. The van der Waals surface area contributed by atoms with Crippen LogP contribution in [0.15, 0.2) is 54.7 Å². The Kier molecular flexibility index (Phi) is 4.11. The molecule has 1 aromatic heterocycles. The van der Waals surface area contributed by atoms with Crippen LogP contribution in [0.1, 0.15) is 20.7 Å². The van der Waals surface area contributed by atoms with Gasteiger partial charge in [-0.15, -0.1) is 0 Å². The first kappa shape index (κ1) is 15.5. The summed E-state index contributed by atoms with van der Waals surface area (Å²) in [4.78, 5) is 27.6. The molecule has 0 spiro atoms. The van der Waals surface area contributed by atoms with Crippen molar-refractivity contribution in [1.82, 2.24) is 10.3 Å². The molecule has 1 heterocycles. The van der Waals surface area contributed by atoms with Crippen LogP contribution >= 0.6 is 0 Å². The van der Waals surface area contributed by atoms with Gasteiger partial charge in [-0.25, -0.2) is 4.79 Å². The second-order valence-corrected chi connectivity index (χ2v) is 5.15. The number of carbonyl (C=O) groups excluding carboxylic acids is 1. The molecule has 1 amide bonds. The molecule has 3 rings (SSSR count). The molecule has 0 bridgehead atoms. The van der Waals surface area contributed by atoms with Gasteiger partial charge in [-0.2, -0.15) is 0 Å². The van der Waals surface area contributed by atoms with E-state index < -0.39 is 5.97 Å². The normalized spacial score (nSPS) is 10.4. The maximum Gasteiger partial charge on any atom is 0.339 e. The third-order valence-electron chi connectivity index (χ3n) is 3.63. The molecule has 120 valence electrons. The van der Waals surface area contributed by atoms with Crippen LogP contribution in [0.3, 0.4) is 0 Å². The molecule has 6 nitrogen and oxygen atoms in total. The molecular weight excluding hydrogens is 306 g/mol. The zero-order valence-corrected chi connectivity index (χ0v) is 12.9. The molecule has 0 aliphatic rings. The molecule has 3 aromatic rings. The van der Waals surface area contributed by atoms with Gasteiger partial charge < -0.3 is 15.7 Å². The fourth-order valence-corrected chi connectivity index (χ4v) is 2.44. The van der Waals surface area contributed by atoms with E-state index in [1.165, 1.54) is 6.20 Å². The first-order valence-electron chi connectivity index (χ1n) is 7.30. The minimum Gasteiger partial charge on any atom is -0.478 e. The smallest absolute Gasteiger partial charge is 0.339 e. The summed E-state index contributed by atoms with van der Waals surface area (Å²) in [5, 5.41) is 15.7. The predicted octanol–water partition coefficient (Wildman–Crippen LogP) is 3.04. The lowest BCUT2D eigenvalue weighted by molar-refractivity contribution is 0.0697. The van der Waals surface area contributed by atoms with Crippen molar-refractivity contribution in [3.8, 4) is 0 Å². The highest BCUT2D eigenvalue weighted by atomic mass is 16.4. The van der Waals surface area contributed by atoms with Crippen molar-refractivity contribution in [3.63, 3.8) is 0 Å². The van der Waals surface area contributed by atoms with Crippen LogP contribution in [-0.4, -0.2) is 29.0 Å². The average molecular weight is 321 g/mol. The maximum absolute atomic E-state index is 11.9. The summed E-state index contributed by atoms with van der Waals surface area (Å²) in [6, 6.07) is 14.2. The molecule has 0 unspecified atom stereocenters. The highest BCUT2D eigenvalue weighted by Crippen LogP contribution is 2.30. The molecule has 0 fully saturated rings. The summed E-state index contributed by atoms with van der Waals surface area (Å²) in [6.45, 7) is 0. The van der Waals surface area contributed by atoms with E-state index in [1.54, 1.807) is 25.2 Å². The fourth-order valence-electron chi connectivity index (χ4n) is 2.44. The first-order valence-corrected chi connectivity index (χ1v) is 7.30. The number of hydrogen-bond acceptors (Lipinski definition) is 4. The summed E-state index contributed by atoms with van der Waals surface area (Å²) in [6.07, 6.45) is 1.31. The molecule has 0 saturated heterocycles. The quantitative estimate of drug-likeness (QED) is 0.687. The Labute approximate surface area is 138 Å². The molecular formula is C18H15N3O3. The van der Waals surface area contributed by atoms with Gasteiger partial charge >= 0.3 is 5.97 Å². The standard InChI is InChI=1S/C18H15N3O3/c1-19-17(22)11-7-8-15-13(9-11)16(14(10-20-15)18(23)24)21-12-5-3-2-4-6-12/h2-10H,1H3,(H,19,22)(H,20,21)(H,23,24). The monoisotopic (exact) mass is 321 g/mol. The Morgan fingerprint density at radius 2 is 1.83 bits per heavy atom. The molecule has 0 aliphatic heterocycles. The summed E-state index contributed by atoms with van der Waals surface area (Å²) in [5.41, 5.74) is 2.24. The van der Waals surface area contributed by atoms with Gasteiger partial charge in [0.05, 0.1) is 11.2 Å². The Balaban J connectivity index is 2.22. The van der Waals surface area contributed by atoms with Gasteiger partial charge in [-0.05, 0) is 30.3 Å². The minimum atomic E-state index is -1.09. The molecule has 0 saturated carbocycles. The van der Waals surface area contributed by atoms with E-state index in [4.69, 9.17) is 0 Å². The number of nitrogens with zero attached hydrogens (tertiary/aromatic N) is 1. The number of aromatic carboxylic acids is 1. The van der Waals surface area contributed by atoms with Crippen molar-refractivity contribution >= 4 is 34.2 Å². The summed E-state index contributed by atoms with van der Waals surface area (Å²) in [7, 11) is 1.54. The van der Waals surface area contributed by atoms with Crippen LogP contribution in [0, 0.1) is 0 Å². The summed E-state index contributed by atoms with van der Waals surface area (Å²) < 4.78 is 0. The van der Waals surface area contributed by atoms with Gasteiger partial charge in [0.1, 0.15) is 5.56 Å². The second-order valence-electron chi connectivity index (χ2n) is 5.15. The largest absolute Gasteiger partial charge is 0.478 e. The van der Waals surface area contributed by atoms with Crippen LogP contribution in [0.5, 0.6) is 0 Å². The molecule has 0 radical (unpaired) electrons. The van der Waals surface area contributed by atoms with Gasteiger partial charge in [0, 0.05) is 29.9 Å². The van der Waals surface area contributed by atoms with Crippen LogP contribution in [0.2, 0.25) is 0 Å². The number of carbonyl (C=O) groups is 2. The molecule has 0 aliphatic carbocycles. The van der Waals surface area contributed by atoms with Crippen molar-refractivity contribution in [2.45, 2.75) is 0 Å². The van der Waals surface area contributed by atoms with Gasteiger partial charge in [0.2, 0.25) is 0 Å². The van der Waals surface area contributed by atoms with Crippen LogP contribution in [-0.2, 0) is 0 Å². The van der Waals surface area contributed by atoms with E-state index in [0.29, 0.717) is 22.2 Å². The molecule has 3 N–H and O–H groups in total. The third kappa shape index (κ3) is 2.89. The van der Waals surface area contributed by atoms with Crippen molar-refractivity contribution in [1.29, 1.82) is 0 Å². The number of rotatable bonds is 4. The second kappa shape index (κ2) is 6.37. The Hall–Kier alpha value is -3.41. The van der Waals surface area contributed by atoms with Gasteiger partial charge in [0.25, 0.3) is 5.91 Å². The third-order valence-corrected chi connectivity index (χ3v) is 3.63. The van der Waals surface area contributed by atoms with Crippen LogP contribution in [0.25, 0.3) is 10.9 Å². The Morgan fingerprint density at radius 3 is 2.50 bits per heavy atom. The highest BCUT2D eigenvalue weighted by molar-refractivity contribution is 6.07. The van der Waals surface area contributed by atoms with E-state index in [2.05, 4.69) is 15.6 Å². The zero-order valence-electron chi connectivity index (χ0n) is 12.9. The number of carboxylic acid groups (broad SMARTS) is 1. The van der Waals surface area contributed by atoms with Gasteiger partial charge in [0.15, 0.2) is 0 Å². The SMILES string of the molecule is CNC(=O)c1ccc2ncc(C(=O)O)c(Nc3ccccc3)c2c1. The van der Waals surface area contributed by atoms with E-state index in [1.807, 2.05) is 30.3 Å². The fraction of sp³-hybridized carbons (Fsp3) is 0.0556. The van der Waals surface area contributed by atoms with Gasteiger partial charge in [-0.1, -0.05) is 18.2 Å². The van der Waals surface area contributed by atoms with E-state index in [0.717, 1.165) is 5.69 Å². The molecule has 24 heavy (non-hydrogen) atoms. The van der Waals surface area contributed by atoms with Gasteiger partial charge in [-0.3, -0.25) is 9.78 Å². The Bertz CT molecular complexity index is 923. The summed E-state index contributed by atoms with van der Waals surface area (Å²) >= 11 is 0. The van der Waals surface area contributed by atoms with Crippen molar-refractivity contribution in [2.24, 2.45) is 0 Å². The van der Waals surface area contributed by atoms with Crippen molar-refractivity contribution < 1.29 is 14.7 Å². The number of hydrogen-bond donors (Lipinski definition) is 3. The topological polar surface area (TPSA) is 91.3 Å². The number of amides is 1. The number of fused-ring (bicyclic) bond motifs is 1. The number of benzene rings is 2. The maximum atomic E-state index is 11.9. The van der Waals surface area contributed by atoms with Crippen molar-refractivity contribution in [2.75, 3.05) is 12.4 Å². The first-order chi connectivity index (χ1) is 11.6. The highest BCUT2D eigenvalue weighted by Gasteiger charge is 2.16. The van der Waals surface area contributed by atoms with E-state index >= 15 is 0 Å². The Morgan fingerprint density at radius 1 is 1.08 bits per heavy atom. The summed E-state index contributed by atoms with van der Waals surface area (Å²) in [5.74, 6) is -1.34. The zero-order chi connectivity index (χ0) is 17.1. The van der Waals surface area contributed by atoms with Crippen LogP contribution < -0.4 is 10.6 Å². The molecule has 2 aromatic carbocycles. The number of para-hydroxylation sites is 1. The van der Waals surface area contributed by atoms with E-state index in [9.17, 15) is 14.7 Å². The number of aromatic nitrogens is 1.